The lowest BCUT2D eigenvalue weighted by molar-refractivity contribution is -0.155. The minimum absolute atomic E-state index is 0.0494. The van der Waals surface area contributed by atoms with Crippen molar-refractivity contribution < 1.29 is 29.0 Å². The van der Waals surface area contributed by atoms with Gasteiger partial charge in [-0.05, 0) is 24.8 Å². The summed E-state index contributed by atoms with van der Waals surface area (Å²) < 4.78 is 11.7. The molecule has 2 bridgehead atoms. The largest absolute Gasteiger partial charge is 0.466 e. The van der Waals surface area contributed by atoms with E-state index in [1.807, 2.05) is 44.2 Å². The van der Waals surface area contributed by atoms with Gasteiger partial charge in [-0.15, -0.1) is 0 Å². The van der Waals surface area contributed by atoms with Crippen molar-refractivity contribution in [2.24, 2.45) is 17.8 Å². The van der Waals surface area contributed by atoms with Crippen LogP contribution >= 0.6 is 15.9 Å². The number of esters is 1. The van der Waals surface area contributed by atoms with Crippen molar-refractivity contribution in [2.45, 2.75) is 68.8 Å². The van der Waals surface area contributed by atoms with Gasteiger partial charge in [-0.1, -0.05) is 66.5 Å². The number of likely N-dealkylation sites (tertiary alicyclic amines) is 1. The molecule has 3 heterocycles. The van der Waals surface area contributed by atoms with Crippen LogP contribution < -0.4 is 5.32 Å². The number of hydrogen-bond acceptors (Lipinski definition) is 6. The van der Waals surface area contributed by atoms with Gasteiger partial charge in [-0.25, -0.2) is 0 Å². The zero-order chi connectivity index (χ0) is 24.6. The first-order chi connectivity index (χ1) is 16.3. The van der Waals surface area contributed by atoms with Crippen LogP contribution in [0.15, 0.2) is 30.3 Å². The van der Waals surface area contributed by atoms with Crippen LogP contribution in [0.3, 0.4) is 0 Å². The minimum Gasteiger partial charge on any atom is -0.466 e. The Bertz CT molecular complexity index is 929. The molecule has 8 atom stereocenters. The molecule has 9 heteroatoms. The molecule has 1 aromatic rings. The average Bonchev–Trinajstić information content (AvgIpc) is 3.42. The number of nitrogens with zero attached hydrogens (tertiary/aromatic N) is 1. The van der Waals surface area contributed by atoms with Crippen LogP contribution in [0.5, 0.6) is 0 Å². The maximum atomic E-state index is 13.9. The van der Waals surface area contributed by atoms with Crippen molar-refractivity contribution in [3.63, 3.8) is 0 Å². The van der Waals surface area contributed by atoms with E-state index in [-0.39, 0.29) is 35.8 Å². The zero-order valence-electron chi connectivity index (χ0n) is 19.8. The summed E-state index contributed by atoms with van der Waals surface area (Å²) in [5, 5.41) is 13.3. The van der Waals surface area contributed by atoms with E-state index in [2.05, 4.69) is 21.2 Å². The summed E-state index contributed by atoms with van der Waals surface area (Å²) >= 11 is 3.63. The first-order valence-electron chi connectivity index (χ1n) is 12.0. The van der Waals surface area contributed by atoms with E-state index in [0.717, 1.165) is 12.0 Å². The summed E-state index contributed by atoms with van der Waals surface area (Å²) in [6.07, 6.45) is 0.593. The van der Waals surface area contributed by atoms with Crippen LogP contribution in [0.4, 0.5) is 0 Å². The third kappa shape index (κ3) is 3.95. The molecular formula is C25H33BrN2O6. The molecule has 1 aromatic carbocycles. The molecule has 3 aliphatic heterocycles. The Balaban J connectivity index is 1.73. The Labute approximate surface area is 208 Å². The van der Waals surface area contributed by atoms with Gasteiger partial charge in [0.25, 0.3) is 0 Å². The maximum absolute atomic E-state index is 13.9. The number of nitrogens with one attached hydrogen (secondary N) is 1. The Hall–Kier alpha value is -1.97. The monoisotopic (exact) mass is 536 g/mol. The highest BCUT2D eigenvalue weighted by molar-refractivity contribution is 9.09. The van der Waals surface area contributed by atoms with Gasteiger partial charge in [0, 0.05) is 11.4 Å². The molecule has 34 heavy (non-hydrogen) atoms. The fraction of sp³-hybridized carbons (Fsp3) is 0.640. The second kappa shape index (κ2) is 9.95. The molecule has 2 amide bonds. The van der Waals surface area contributed by atoms with Gasteiger partial charge in [0.2, 0.25) is 11.8 Å². The van der Waals surface area contributed by atoms with Crippen molar-refractivity contribution in [1.29, 1.82) is 0 Å². The highest BCUT2D eigenvalue weighted by atomic mass is 79.9. The topological polar surface area (TPSA) is 105 Å². The van der Waals surface area contributed by atoms with Crippen LogP contribution in [-0.4, -0.2) is 69.6 Å². The van der Waals surface area contributed by atoms with Crippen LogP contribution in [0, 0.1) is 17.8 Å². The van der Waals surface area contributed by atoms with Crippen molar-refractivity contribution in [3.05, 3.63) is 35.9 Å². The first kappa shape index (κ1) is 25.1. The SMILES string of the molecule is CCOC(=O)[C@H]1[C@H]2C(=O)N([C@@H](CO)[C@@H](C)CC)C(C(=O)NCc3ccccc3)C23CC(Br)[C@@H]1O3. The van der Waals surface area contributed by atoms with Gasteiger partial charge >= 0.3 is 5.97 Å². The Morgan fingerprint density at radius 1 is 1.32 bits per heavy atom. The zero-order valence-corrected chi connectivity index (χ0v) is 21.4. The van der Waals surface area contributed by atoms with Crippen molar-refractivity contribution in [3.8, 4) is 0 Å². The average molecular weight is 537 g/mol. The molecule has 3 aliphatic rings. The molecule has 3 fully saturated rings. The van der Waals surface area contributed by atoms with Crippen LogP contribution in [0.25, 0.3) is 0 Å². The molecule has 0 radical (unpaired) electrons. The molecule has 2 N–H and O–H groups in total. The summed E-state index contributed by atoms with van der Waals surface area (Å²) in [7, 11) is 0. The van der Waals surface area contributed by atoms with Gasteiger partial charge in [0.05, 0.1) is 37.2 Å². The van der Waals surface area contributed by atoms with E-state index in [0.29, 0.717) is 13.0 Å². The molecule has 8 nitrogen and oxygen atoms in total. The highest BCUT2D eigenvalue weighted by Gasteiger charge is 2.77. The Morgan fingerprint density at radius 3 is 2.65 bits per heavy atom. The smallest absolute Gasteiger partial charge is 0.312 e. The van der Waals surface area contributed by atoms with E-state index in [1.165, 1.54) is 4.90 Å². The number of carbonyl (C=O) groups excluding carboxylic acids is 3. The normalized spacial score (nSPS) is 33.5. The first-order valence-corrected chi connectivity index (χ1v) is 12.9. The number of rotatable bonds is 9. The molecule has 3 saturated heterocycles. The van der Waals surface area contributed by atoms with E-state index in [9.17, 15) is 19.5 Å². The van der Waals surface area contributed by atoms with Gasteiger partial charge in [-0.3, -0.25) is 14.4 Å². The summed E-state index contributed by atoms with van der Waals surface area (Å²) in [6.45, 7) is 5.87. The van der Waals surface area contributed by atoms with E-state index in [4.69, 9.17) is 9.47 Å². The Kier molecular flexibility index (Phi) is 7.36. The second-order valence-corrected chi connectivity index (χ2v) is 10.7. The number of fused-ring (bicyclic) bond motifs is 1. The number of aliphatic hydroxyl groups is 1. The van der Waals surface area contributed by atoms with Gasteiger partial charge in [-0.2, -0.15) is 0 Å². The number of carbonyl (C=O) groups is 3. The Morgan fingerprint density at radius 2 is 2.03 bits per heavy atom. The molecule has 186 valence electrons. The number of alkyl halides is 1. The summed E-state index contributed by atoms with van der Waals surface area (Å²) in [4.78, 5) is 41.9. The number of amides is 2. The predicted octanol–water partition coefficient (Wildman–Crippen LogP) is 2.02. The third-order valence-corrected chi connectivity index (χ3v) is 8.53. The lowest BCUT2D eigenvalue weighted by Crippen LogP contribution is -2.59. The van der Waals surface area contributed by atoms with Crippen molar-refractivity contribution in [2.75, 3.05) is 13.2 Å². The van der Waals surface area contributed by atoms with Crippen LogP contribution in [-0.2, 0) is 30.4 Å². The quantitative estimate of drug-likeness (QED) is 0.369. The summed E-state index contributed by atoms with van der Waals surface area (Å²) in [6, 6.07) is 8.00. The number of ether oxygens (including phenoxy) is 2. The molecule has 0 aliphatic carbocycles. The summed E-state index contributed by atoms with van der Waals surface area (Å²) in [5.41, 5.74) is -0.226. The molecule has 1 spiro atoms. The third-order valence-electron chi connectivity index (χ3n) is 7.69. The van der Waals surface area contributed by atoms with Gasteiger partial charge in [0.15, 0.2) is 0 Å². The second-order valence-electron chi connectivity index (χ2n) is 9.50. The van der Waals surface area contributed by atoms with E-state index >= 15 is 0 Å². The summed E-state index contributed by atoms with van der Waals surface area (Å²) in [5.74, 6) is -2.81. The fourth-order valence-corrected chi connectivity index (χ4v) is 6.87. The fourth-order valence-electron chi connectivity index (χ4n) is 5.93. The lowest BCUT2D eigenvalue weighted by Gasteiger charge is -2.38. The van der Waals surface area contributed by atoms with Crippen molar-refractivity contribution >= 4 is 33.7 Å². The lowest BCUT2D eigenvalue weighted by atomic mass is 9.70. The van der Waals surface area contributed by atoms with Crippen molar-refractivity contribution in [1.82, 2.24) is 10.2 Å². The molecule has 0 saturated carbocycles. The van der Waals surface area contributed by atoms with Crippen LogP contribution in [0.1, 0.15) is 39.2 Å². The number of aliphatic hydroxyl groups excluding tert-OH is 1. The van der Waals surface area contributed by atoms with E-state index < -0.39 is 41.6 Å². The van der Waals surface area contributed by atoms with Crippen LogP contribution in [0.2, 0.25) is 0 Å². The highest BCUT2D eigenvalue weighted by Crippen LogP contribution is 2.60. The molecule has 0 aromatic heterocycles. The number of hydrogen-bond donors (Lipinski definition) is 2. The van der Waals surface area contributed by atoms with Gasteiger partial charge in [0.1, 0.15) is 11.6 Å². The number of halogens is 1. The minimum atomic E-state index is -1.16. The van der Waals surface area contributed by atoms with E-state index in [1.54, 1.807) is 6.92 Å². The van der Waals surface area contributed by atoms with Gasteiger partial charge < -0.3 is 24.8 Å². The number of benzene rings is 1. The maximum Gasteiger partial charge on any atom is 0.312 e. The molecular weight excluding hydrogens is 504 g/mol. The molecule has 3 unspecified atom stereocenters. The predicted molar refractivity (Wildman–Crippen MR) is 128 cm³/mol. The standard InChI is InChI=1S/C25H33BrN2O6/c1-4-14(3)17(13-29)28-21(22(30)27-12-15-9-7-6-8-10-15)25-11-16(26)20(34-25)18(19(25)23(28)31)24(32)33-5-2/h6-10,14,16-21,29H,4-5,11-13H2,1-3H3,(H,27,30)/t14-,16?,17-,18-,19-,20-,21?,25?/m0/s1. The molecule has 4 rings (SSSR count).